The lowest BCUT2D eigenvalue weighted by atomic mass is 10.1. The number of aryl methyl sites for hydroxylation is 1. The maximum Gasteiger partial charge on any atom is 0.243 e. The van der Waals surface area contributed by atoms with Gasteiger partial charge >= 0.3 is 0 Å². The number of thioether (sulfide) groups is 1. The first kappa shape index (κ1) is 26.6. The second-order valence-electron chi connectivity index (χ2n) is 7.92. The largest absolute Gasteiger partial charge is 0.352 e. The lowest BCUT2D eigenvalue weighted by Gasteiger charge is -2.31. The summed E-state index contributed by atoms with van der Waals surface area (Å²) in [5, 5.41) is 4.04. The molecule has 2 rings (SSSR count). The third kappa shape index (κ3) is 7.72. The van der Waals surface area contributed by atoms with E-state index in [1.54, 1.807) is 28.8 Å². The summed E-state index contributed by atoms with van der Waals surface area (Å²) < 4.78 is 0. The van der Waals surface area contributed by atoms with E-state index < -0.39 is 6.04 Å². The molecule has 0 saturated heterocycles. The molecule has 7 heteroatoms. The van der Waals surface area contributed by atoms with Crippen LogP contribution in [0.5, 0.6) is 0 Å². The molecule has 2 aromatic carbocycles. The molecule has 0 spiro atoms. The predicted octanol–water partition coefficient (Wildman–Crippen LogP) is 6.26. The van der Waals surface area contributed by atoms with Crippen molar-refractivity contribution in [2.24, 2.45) is 0 Å². The SMILES string of the molecule is CC[C@@H](C)NC(=O)[C@@H](CC)N(Cc1ccc(Cl)cc1Cl)C(=O)CSCc1ccccc1C. The number of amides is 2. The van der Waals surface area contributed by atoms with Crippen LogP contribution in [0.3, 0.4) is 0 Å². The molecule has 2 atom stereocenters. The van der Waals surface area contributed by atoms with Gasteiger partial charge in [0.25, 0.3) is 0 Å². The molecule has 0 aliphatic rings. The molecule has 1 N–H and O–H groups in total. The minimum absolute atomic E-state index is 0.0445. The molecule has 174 valence electrons. The average Bonchev–Trinajstić information content (AvgIpc) is 2.76. The molecule has 0 aliphatic carbocycles. The zero-order chi connectivity index (χ0) is 23.7. The molecule has 0 radical (unpaired) electrons. The fourth-order valence-electron chi connectivity index (χ4n) is 3.30. The molecule has 2 aromatic rings. The lowest BCUT2D eigenvalue weighted by Crippen LogP contribution is -2.51. The van der Waals surface area contributed by atoms with Gasteiger partial charge in [-0.1, -0.05) is 67.4 Å². The summed E-state index contributed by atoms with van der Waals surface area (Å²) in [5.41, 5.74) is 3.18. The van der Waals surface area contributed by atoms with Crippen molar-refractivity contribution in [3.05, 3.63) is 69.2 Å². The van der Waals surface area contributed by atoms with Crippen LogP contribution in [0.4, 0.5) is 0 Å². The Balaban J connectivity index is 2.20. The van der Waals surface area contributed by atoms with Crippen LogP contribution in [0.1, 0.15) is 50.3 Å². The molecule has 0 heterocycles. The standard InChI is InChI=1S/C25H32Cl2N2O2S/c1-5-18(4)28-25(31)23(6-2)29(14-19-11-12-21(26)13-22(19)27)24(30)16-32-15-20-10-8-7-9-17(20)3/h7-13,18,23H,5-6,14-16H2,1-4H3,(H,28,31)/t18-,23-/m1/s1. The van der Waals surface area contributed by atoms with Crippen LogP contribution in [0.25, 0.3) is 0 Å². The molecule has 0 bridgehead atoms. The molecule has 0 unspecified atom stereocenters. The maximum atomic E-state index is 13.3. The van der Waals surface area contributed by atoms with Crippen LogP contribution in [-0.2, 0) is 21.9 Å². The molecule has 4 nitrogen and oxygen atoms in total. The van der Waals surface area contributed by atoms with Crippen molar-refractivity contribution >= 4 is 46.8 Å². The summed E-state index contributed by atoms with van der Waals surface area (Å²) in [6.07, 6.45) is 1.34. The topological polar surface area (TPSA) is 49.4 Å². The van der Waals surface area contributed by atoms with Gasteiger partial charge < -0.3 is 10.2 Å². The number of hydrogen-bond donors (Lipinski definition) is 1. The molecular weight excluding hydrogens is 463 g/mol. The Bertz CT molecular complexity index is 923. The van der Waals surface area contributed by atoms with E-state index in [1.807, 2.05) is 39.0 Å². The van der Waals surface area contributed by atoms with Crippen LogP contribution in [0.2, 0.25) is 10.0 Å². The van der Waals surface area contributed by atoms with Crippen molar-refractivity contribution in [3.8, 4) is 0 Å². The number of benzene rings is 2. The summed E-state index contributed by atoms with van der Waals surface area (Å²) in [6.45, 7) is 8.23. The smallest absolute Gasteiger partial charge is 0.243 e. The molecule has 0 aromatic heterocycles. The fraction of sp³-hybridized carbons (Fsp3) is 0.440. The molecule has 0 aliphatic heterocycles. The highest BCUT2D eigenvalue weighted by Crippen LogP contribution is 2.25. The van der Waals surface area contributed by atoms with Crippen molar-refractivity contribution < 1.29 is 9.59 Å². The lowest BCUT2D eigenvalue weighted by molar-refractivity contribution is -0.139. The van der Waals surface area contributed by atoms with E-state index in [0.717, 1.165) is 17.7 Å². The van der Waals surface area contributed by atoms with E-state index in [2.05, 4.69) is 24.4 Å². The monoisotopic (exact) mass is 494 g/mol. The third-order valence-electron chi connectivity index (χ3n) is 5.49. The molecule has 0 fully saturated rings. The second kappa shape index (κ2) is 13.1. The molecule has 32 heavy (non-hydrogen) atoms. The van der Waals surface area contributed by atoms with Crippen molar-refractivity contribution in [1.82, 2.24) is 10.2 Å². The molecular formula is C25H32Cl2N2O2S. The highest BCUT2D eigenvalue weighted by Gasteiger charge is 2.29. The summed E-state index contributed by atoms with van der Waals surface area (Å²) in [5.74, 6) is 0.807. The average molecular weight is 496 g/mol. The molecule has 0 saturated carbocycles. The van der Waals surface area contributed by atoms with Gasteiger partial charge in [0.05, 0.1) is 5.75 Å². The number of carbonyl (C=O) groups excluding carboxylic acids is 2. The number of nitrogens with one attached hydrogen (secondary N) is 1. The number of nitrogens with zero attached hydrogens (tertiary/aromatic N) is 1. The number of rotatable bonds is 11. The van der Waals surface area contributed by atoms with E-state index in [0.29, 0.717) is 16.5 Å². The van der Waals surface area contributed by atoms with Crippen LogP contribution >= 0.6 is 35.0 Å². The Labute approximate surface area is 206 Å². The van der Waals surface area contributed by atoms with E-state index in [9.17, 15) is 9.59 Å². The van der Waals surface area contributed by atoms with Gasteiger partial charge in [0.1, 0.15) is 6.04 Å². The Kier molecular flexibility index (Phi) is 10.9. The molecule has 2 amide bonds. The quantitative estimate of drug-likeness (QED) is 0.401. The zero-order valence-corrected chi connectivity index (χ0v) is 21.5. The van der Waals surface area contributed by atoms with Crippen LogP contribution in [-0.4, -0.2) is 34.6 Å². The number of carbonyl (C=O) groups is 2. The van der Waals surface area contributed by atoms with Crippen LogP contribution < -0.4 is 5.32 Å². The fourth-order valence-corrected chi connectivity index (χ4v) is 4.75. The van der Waals surface area contributed by atoms with E-state index in [1.165, 1.54) is 11.1 Å². The summed E-state index contributed by atoms with van der Waals surface area (Å²) in [7, 11) is 0. The van der Waals surface area contributed by atoms with Crippen molar-refractivity contribution in [2.75, 3.05) is 5.75 Å². The first-order valence-electron chi connectivity index (χ1n) is 10.9. The van der Waals surface area contributed by atoms with Gasteiger partial charge in [-0.2, -0.15) is 0 Å². The Morgan fingerprint density at radius 1 is 1.06 bits per heavy atom. The minimum atomic E-state index is -0.567. The van der Waals surface area contributed by atoms with Gasteiger partial charge in [-0.15, -0.1) is 11.8 Å². The summed E-state index contributed by atoms with van der Waals surface area (Å²) >= 11 is 14.0. The highest BCUT2D eigenvalue weighted by molar-refractivity contribution is 7.99. The summed E-state index contributed by atoms with van der Waals surface area (Å²) in [4.78, 5) is 28.0. The van der Waals surface area contributed by atoms with Gasteiger partial charge in [0.2, 0.25) is 11.8 Å². The van der Waals surface area contributed by atoms with Crippen molar-refractivity contribution in [2.45, 2.75) is 64.9 Å². The maximum absolute atomic E-state index is 13.3. The van der Waals surface area contributed by atoms with E-state index in [4.69, 9.17) is 23.2 Å². The third-order valence-corrected chi connectivity index (χ3v) is 7.04. The minimum Gasteiger partial charge on any atom is -0.352 e. The van der Waals surface area contributed by atoms with Crippen LogP contribution in [0, 0.1) is 6.92 Å². The normalized spacial score (nSPS) is 12.8. The van der Waals surface area contributed by atoms with E-state index >= 15 is 0 Å². The van der Waals surface area contributed by atoms with Crippen molar-refractivity contribution in [3.63, 3.8) is 0 Å². The zero-order valence-electron chi connectivity index (χ0n) is 19.2. The van der Waals surface area contributed by atoms with Gasteiger partial charge in [0, 0.05) is 28.4 Å². The Hall–Kier alpha value is -1.69. The van der Waals surface area contributed by atoms with Gasteiger partial charge in [-0.3, -0.25) is 9.59 Å². The van der Waals surface area contributed by atoms with Gasteiger partial charge in [0.15, 0.2) is 0 Å². The number of hydrogen-bond acceptors (Lipinski definition) is 3. The Morgan fingerprint density at radius 2 is 1.78 bits per heavy atom. The van der Waals surface area contributed by atoms with Crippen LogP contribution in [0.15, 0.2) is 42.5 Å². The van der Waals surface area contributed by atoms with E-state index in [-0.39, 0.29) is 30.2 Å². The number of halogens is 2. The highest BCUT2D eigenvalue weighted by atomic mass is 35.5. The first-order valence-corrected chi connectivity index (χ1v) is 12.8. The van der Waals surface area contributed by atoms with Gasteiger partial charge in [-0.05, 0) is 55.5 Å². The predicted molar refractivity (Wildman–Crippen MR) is 136 cm³/mol. The Morgan fingerprint density at radius 3 is 2.41 bits per heavy atom. The summed E-state index contributed by atoms with van der Waals surface area (Å²) in [6, 6.07) is 12.9. The van der Waals surface area contributed by atoms with Gasteiger partial charge in [-0.25, -0.2) is 0 Å². The second-order valence-corrected chi connectivity index (χ2v) is 9.75. The first-order chi connectivity index (χ1) is 15.3. The van der Waals surface area contributed by atoms with Crippen molar-refractivity contribution in [1.29, 1.82) is 0 Å².